The summed E-state index contributed by atoms with van der Waals surface area (Å²) in [5.74, 6) is 0.585. The highest BCUT2D eigenvalue weighted by Gasteiger charge is 2.16. The van der Waals surface area contributed by atoms with Gasteiger partial charge in [0.1, 0.15) is 0 Å². The molecule has 0 aliphatic carbocycles. The van der Waals surface area contributed by atoms with E-state index in [0.717, 1.165) is 39.9 Å². The predicted molar refractivity (Wildman–Crippen MR) is 132 cm³/mol. The molecule has 3 aromatic rings. The van der Waals surface area contributed by atoms with E-state index < -0.39 is 0 Å². The van der Waals surface area contributed by atoms with Crippen molar-refractivity contribution in [1.29, 1.82) is 0 Å². The summed E-state index contributed by atoms with van der Waals surface area (Å²) in [5, 5.41) is 8.06. The van der Waals surface area contributed by atoms with Gasteiger partial charge >= 0.3 is 0 Å². The summed E-state index contributed by atoms with van der Waals surface area (Å²) in [6.45, 7) is 4.52. The minimum Gasteiger partial charge on any atom is -0.372 e. The number of fused-ring (bicyclic) bond motifs is 1. The van der Waals surface area contributed by atoms with Crippen molar-refractivity contribution in [2.45, 2.75) is 19.8 Å². The van der Waals surface area contributed by atoms with Crippen LogP contribution in [-0.4, -0.2) is 24.1 Å². The van der Waals surface area contributed by atoms with Crippen LogP contribution in [0.1, 0.15) is 30.1 Å². The van der Waals surface area contributed by atoms with Gasteiger partial charge in [-0.25, -0.2) is 0 Å². The molecule has 0 spiro atoms. The molecule has 0 atom stereocenters. The maximum absolute atomic E-state index is 12.8. The van der Waals surface area contributed by atoms with Crippen LogP contribution in [0, 0.1) is 5.92 Å². The van der Waals surface area contributed by atoms with E-state index in [4.69, 9.17) is 12.2 Å². The van der Waals surface area contributed by atoms with Crippen LogP contribution in [0.3, 0.4) is 0 Å². The van der Waals surface area contributed by atoms with Crippen LogP contribution in [0.25, 0.3) is 10.8 Å². The molecule has 3 aromatic carbocycles. The first-order valence-electron chi connectivity index (χ1n) is 10.2. The third kappa shape index (κ3) is 4.65. The van der Waals surface area contributed by atoms with E-state index in [2.05, 4.69) is 50.5 Å². The summed E-state index contributed by atoms with van der Waals surface area (Å²) in [6.07, 6.45) is 2.47. The summed E-state index contributed by atoms with van der Waals surface area (Å²) < 4.78 is 0.957. The van der Waals surface area contributed by atoms with Gasteiger partial charge in [-0.05, 0) is 78.1 Å². The molecule has 1 heterocycles. The van der Waals surface area contributed by atoms with Gasteiger partial charge in [0.15, 0.2) is 5.11 Å². The summed E-state index contributed by atoms with van der Waals surface area (Å²) in [5.41, 5.74) is 2.67. The first kappa shape index (κ1) is 20.8. The lowest BCUT2D eigenvalue weighted by atomic mass is 9.99. The average Bonchev–Trinajstić information content (AvgIpc) is 2.75. The fraction of sp³-hybridized carbons (Fsp3) is 0.250. The number of carbonyl (C=O) groups is 1. The maximum atomic E-state index is 12.8. The quantitative estimate of drug-likeness (QED) is 0.452. The van der Waals surface area contributed by atoms with Crippen molar-refractivity contribution >= 4 is 61.3 Å². The fourth-order valence-corrected chi connectivity index (χ4v) is 4.53. The SMILES string of the molecule is CC1CCN(c2ccc(NC(=S)NC(=O)c3cccc4c(Br)cccc34)cc2)CC1. The highest BCUT2D eigenvalue weighted by Crippen LogP contribution is 2.27. The zero-order valence-corrected chi connectivity index (χ0v) is 19.2. The van der Waals surface area contributed by atoms with Crippen LogP contribution in [0.2, 0.25) is 0 Å². The molecule has 2 N–H and O–H groups in total. The molecule has 0 unspecified atom stereocenters. The number of nitrogens with one attached hydrogen (secondary N) is 2. The van der Waals surface area contributed by atoms with Crippen molar-refractivity contribution in [3.63, 3.8) is 0 Å². The number of carbonyl (C=O) groups excluding carboxylic acids is 1. The smallest absolute Gasteiger partial charge is 0.258 e. The third-order valence-corrected chi connectivity index (χ3v) is 6.51. The van der Waals surface area contributed by atoms with Crippen LogP contribution >= 0.6 is 28.1 Å². The Balaban J connectivity index is 1.40. The monoisotopic (exact) mass is 481 g/mol. The molecular formula is C24H24BrN3OS. The second-order valence-electron chi connectivity index (χ2n) is 7.77. The number of benzene rings is 3. The molecule has 4 nitrogen and oxygen atoms in total. The van der Waals surface area contributed by atoms with Gasteiger partial charge in [-0.3, -0.25) is 10.1 Å². The summed E-state index contributed by atoms with van der Waals surface area (Å²) in [4.78, 5) is 15.2. The van der Waals surface area contributed by atoms with Gasteiger partial charge in [0.05, 0.1) is 0 Å². The van der Waals surface area contributed by atoms with E-state index >= 15 is 0 Å². The molecule has 0 saturated carbocycles. The Morgan fingerprint density at radius 3 is 2.40 bits per heavy atom. The molecule has 0 radical (unpaired) electrons. The maximum Gasteiger partial charge on any atom is 0.258 e. The van der Waals surface area contributed by atoms with Gasteiger partial charge in [-0.1, -0.05) is 47.1 Å². The van der Waals surface area contributed by atoms with Crippen molar-refractivity contribution in [2.24, 2.45) is 5.92 Å². The number of anilines is 2. The molecule has 1 saturated heterocycles. The van der Waals surface area contributed by atoms with Gasteiger partial charge in [0.25, 0.3) is 5.91 Å². The van der Waals surface area contributed by atoms with Crippen molar-refractivity contribution in [3.8, 4) is 0 Å². The van der Waals surface area contributed by atoms with Crippen LogP contribution in [0.15, 0.2) is 65.1 Å². The van der Waals surface area contributed by atoms with Crippen LogP contribution in [0.5, 0.6) is 0 Å². The summed E-state index contributed by atoms with van der Waals surface area (Å²) in [7, 11) is 0. The lowest BCUT2D eigenvalue weighted by molar-refractivity contribution is 0.0979. The second-order valence-corrected chi connectivity index (χ2v) is 9.03. The van der Waals surface area contributed by atoms with E-state index in [-0.39, 0.29) is 11.0 Å². The number of amides is 1. The Bertz CT molecular complexity index is 1080. The molecule has 154 valence electrons. The summed E-state index contributed by atoms with van der Waals surface area (Å²) >= 11 is 8.91. The molecule has 1 aliphatic rings. The molecule has 0 bridgehead atoms. The largest absolute Gasteiger partial charge is 0.372 e. The lowest BCUT2D eigenvalue weighted by Gasteiger charge is -2.32. The van der Waals surface area contributed by atoms with Gasteiger partial charge in [-0.15, -0.1) is 0 Å². The zero-order chi connectivity index (χ0) is 21.1. The second kappa shape index (κ2) is 9.14. The standard InChI is InChI=1S/C24H24BrN3OS/c1-16-12-14-28(15-13-16)18-10-8-17(9-11-18)26-24(30)27-23(29)21-6-2-5-20-19(21)4-3-7-22(20)25/h2-11,16H,12-15H2,1H3,(H2,26,27,29,30). The van der Waals surface area contributed by atoms with Crippen molar-refractivity contribution in [1.82, 2.24) is 5.32 Å². The Labute approximate surface area is 190 Å². The predicted octanol–water partition coefficient (Wildman–Crippen LogP) is 5.97. The number of hydrogen-bond donors (Lipinski definition) is 2. The number of nitrogens with zero attached hydrogens (tertiary/aromatic N) is 1. The Kier molecular flexibility index (Phi) is 6.35. The van der Waals surface area contributed by atoms with Crippen molar-refractivity contribution < 1.29 is 4.79 Å². The number of rotatable bonds is 3. The zero-order valence-electron chi connectivity index (χ0n) is 16.8. The minimum absolute atomic E-state index is 0.227. The normalized spacial score (nSPS) is 14.5. The molecule has 0 aromatic heterocycles. The molecule has 30 heavy (non-hydrogen) atoms. The molecule has 1 aliphatic heterocycles. The first-order chi connectivity index (χ1) is 14.5. The van der Waals surface area contributed by atoms with Crippen molar-refractivity contribution in [2.75, 3.05) is 23.3 Å². The third-order valence-electron chi connectivity index (χ3n) is 5.61. The fourth-order valence-electron chi connectivity index (χ4n) is 3.82. The Hall–Kier alpha value is -2.44. The minimum atomic E-state index is -0.227. The van der Waals surface area contributed by atoms with E-state index in [1.807, 2.05) is 42.5 Å². The Morgan fingerprint density at radius 1 is 1.00 bits per heavy atom. The number of thiocarbonyl (C=S) groups is 1. The number of hydrogen-bond acceptors (Lipinski definition) is 3. The van der Waals surface area contributed by atoms with Gasteiger partial charge in [0, 0.05) is 34.5 Å². The number of piperidine rings is 1. The highest BCUT2D eigenvalue weighted by atomic mass is 79.9. The molecule has 1 fully saturated rings. The highest BCUT2D eigenvalue weighted by molar-refractivity contribution is 9.10. The van der Waals surface area contributed by atoms with Gasteiger partial charge < -0.3 is 10.2 Å². The van der Waals surface area contributed by atoms with Crippen LogP contribution in [-0.2, 0) is 0 Å². The Morgan fingerprint density at radius 2 is 1.67 bits per heavy atom. The van der Waals surface area contributed by atoms with Crippen LogP contribution < -0.4 is 15.5 Å². The average molecular weight is 482 g/mol. The molecule has 4 rings (SSSR count). The molecule has 1 amide bonds. The van der Waals surface area contributed by atoms with E-state index in [9.17, 15) is 4.79 Å². The van der Waals surface area contributed by atoms with E-state index in [1.54, 1.807) is 6.07 Å². The summed E-state index contributed by atoms with van der Waals surface area (Å²) in [6, 6.07) is 19.7. The van der Waals surface area contributed by atoms with Crippen molar-refractivity contribution in [3.05, 3.63) is 70.7 Å². The van der Waals surface area contributed by atoms with E-state index in [1.165, 1.54) is 18.5 Å². The number of halogens is 1. The van der Waals surface area contributed by atoms with Gasteiger partial charge in [0.2, 0.25) is 0 Å². The molecular weight excluding hydrogens is 458 g/mol. The topological polar surface area (TPSA) is 44.4 Å². The lowest BCUT2D eigenvalue weighted by Crippen LogP contribution is -2.34. The van der Waals surface area contributed by atoms with E-state index in [0.29, 0.717) is 5.56 Å². The van der Waals surface area contributed by atoms with Crippen LogP contribution in [0.4, 0.5) is 11.4 Å². The first-order valence-corrected chi connectivity index (χ1v) is 11.4. The van der Waals surface area contributed by atoms with Gasteiger partial charge in [-0.2, -0.15) is 0 Å². The molecule has 6 heteroatoms.